The summed E-state index contributed by atoms with van der Waals surface area (Å²) in [5.74, 6) is 0. The first kappa shape index (κ1) is 25.6. The molecule has 1 aliphatic carbocycles. The summed E-state index contributed by atoms with van der Waals surface area (Å²) >= 11 is 0. The lowest BCUT2D eigenvalue weighted by Gasteiger charge is -2.12. The minimum absolute atomic E-state index is 0.960. The first-order valence-corrected chi connectivity index (χ1v) is 15.6. The van der Waals surface area contributed by atoms with Gasteiger partial charge in [-0.25, -0.2) is 0 Å². The molecule has 45 heavy (non-hydrogen) atoms. The van der Waals surface area contributed by atoms with Crippen molar-refractivity contribution in [2.45, 2.75) is 6.42 Å². The lowest BCUT2D eigenvalue weighted by atomic mass is 10.0. The van der Waals surface area contributed by atoms with Crippen molar-refractivity contribution in [3.63, 3.8) is 0 Å². The van der Waals surface area contributed by atoms with E-state index in [2.05, 4.69) is 179 Å². The second-order valence-corrected chi connectivity index (χ2v) is 11.7. The van der Waals surface area contributed by atoms with E-state index in [1.54, 1.807) is 0 Å². The number of aromatic nitrogens is 2. The second kappa shape index (κ2) is 10.4. The summed E-state index contributed by atoms with van der Waals surface area (Å²) in [5.41, 5.74) is 13.4. The molecule has 212 valence electrons. The van der Waals surface area contributed by atoms with Gasteiger partial charge in [0.05, 0.1) is 22.2 Å². The van der Waals surface area contributed by atoms with E-state index in [1.807, 2.05) is 0 Å². The summed E-state index contributed by atoms with van der Waals surface area (Å²) < 4.78 is 4.77. The van der Waals surface area contributed by atoms with Crippen LogP contribution in [-0.4, -0.2) is 9.13 Å². The molecule has 6 aromatic carbocycles. The average molecular weight is 575 g/mol. The highest BCUT2D eigenvalue weighted by molar-refractivity contribution is 6.10. The highest BCUT2D eigenvalue weighted by atomic mass is 15.0. The summed E-state index contributed by atoms with van der Waals surface area (Å²) in [4.78, 5) is 0. The van der Waals surface area contributed by atoms with Gasteiger partial charge in [-0.2, -0.15) is 0 Å². The number of para-hydroxylation sites is 2. The van der Waals surface area contributed by atoms with Crippen LogP contribution in [0.15, 0.2) is 158 Å². The Morgan fingerprint density at radius 2 is 0.911 bits per heavy atom. The Labute approximate surface area is 262 Å². The van der Waals surface area contributed by atoms with Crippen molar-refractivity contribution >= 4 is 44.9 Å². The van der Waals surface area contributed by atoms with Gasteiger partial charge in [-0.1, -0.05) is 115 Å². The first-order chi connectivity index (χ1) is 22.3. The van der Waals surface area contributed by atoms with Crippen molar-refractivity contribution in [2.24, 2.45) is 0 Å². The largest absolute Gasteiger partial charge is 0.309 e. The first-order valence-electron chi connectivity index (χ1n) is 15.6. The minimum atomic E-state index is 0.960. The van der Waals surface area contributed by atoms with Crippen molar-refractivity contribution in [3.05, 3.63) is 169 Å². The van der Waals surface area contributed by atoms with Crippen LogP contribution in [0.3, 0.4) is 0 Å². The van der Waals surface area contributed by atoms with Crippen molar-refractivity contribution < 1.29 is 0 Å². The topological polar surface area (TPSA) is 9.86 Å². The van der Waals surface area contributed by atoms with E-state index < -0.39 is 0 Å². The fraction of sp³-hybridized carbons (Fsp3) is 0.0233. The molecule has 0 bridgehead atoms. The maximum atomic E-state index is 2.39. The highest BCUT2D eigenvalue weighted by Gasteiger charge is 2.16. The molecule has 0 radical (unpaired) electrons. The quantitative estimate of drug-likeness (QED) is 0.198. The third kappa shape index (κ3) is 4.18. The Hall–Kier alpha value is -5.86. The summed E-state index contributed by atoms with van der Waals surface area (Å²) in [6.07, 6.45) is 9.98. The van der Waals surface area contributed by atoms with Crippen LogP contribution in [0.2, 0.25) is 0 Å². The van der Waals surface area contributed by atoms with E-state index in [9.17, 15) is 0 Å². The Morgan fingerprint density at radius 3 is 1.64 bits per heavy atom. The molecule has 9 rings (SSSR count). The van der Waals surface area contributed by atoms with Crippen molar-refractivity contribution in [1.82, 2.24) is 9.13 Å². The fourth-order valence-corrected chi connectivity index (χ4v) is 7.01. The molecule has 0 unspecified atom stereocenters. The second-order valence-electron chi connectivity index (χ2n) is 11.7. The number of rotatable bonds is 4. The standard InChI is InChI=1S/C43H30N2/c1-3-11-30(12-4-1)33-23-28-43-39(29-33)38-15-8-10-18-42(38)45(43)35-26-21-32(22-27-35)31-19-24-34(25-20-31)44-40-16-6-2-5-13-36(40)37-14-7-9-17-41(37)44/h1,3-29H,2H2. The molecule has 0 N–H and O–H groups in total. The smallest absolute Gasteiger partial charge is 0.0541 e. The van der Waals surface area contributed by atoms with Gasteiger partial charge in [0.2, 0.25) is 0 Å². The van der Waals surface area contributed by atoms with Gasteiger partial charge in [-0.3, -0.25) is 0 Å². The van der Waals surface area contributed by atoms with E-state index in [1.165, 1.54) is 71.9 Å². The lowest BCUT2D eigenvalue weighted by molar-refractivity contribution is 1.11. The summed E-state index contributed by atoms with van der Waals surface area (Å²) in [6.45, 7) is 0. The molecule has 2 heteroatoms. The molecule has 0 saturated carbocycles. The van der Waals surface area contributed by atoms with Gasteiger partial charge in [0.15, 0.2) is 0 Å². The average Bonchev–Trinajstić information content (AvgIpc) is 3.48. The zero-order valence-electron chi connectivity index (χ0n) is 24.8. The molecule has 1 aliphatic rings. The van der Waals surface area contributed by atoms with Gasteiger partial charge in [0.1, 0.15) is 0 Å². The predicted molar refractivity (Wildman–Crippen MR) is 191 cm³/mol. The van der Waals surface area contributed by atoms with E-state index in [0.717, 1.165) is 12.1 Å². The van der Waals surface area contributed by atoms with E-state index in [-0.39, 0.29) is 0 Å². The Bertz CT molecular complexity index is 2420. The monoisotopic (exact) mass is 574 g/mol. The third-order valence-electron chi connectivity index (χ3n) is 9.15. The third-order valence-corrected chi connectivity index (χ3v) is 9.15. The summed E-state index contributed by atoms with van der Waals surface area (Å²) in [5, 5.41) is 3.83. The molecule has 0 aliphatic heterocycles. The number of allylic oxidation sites excluding steroid dienone is 2. The van der Waals surface area contributed by atoms with E-state index in [4.69, 9.17) is 0 Å². The summed E-state index contributed by atoms with van der Waals surface area (Å²) in [6, 6.07) is 52.8. The molecular weight excluding hydrogens is 544 g/mol. The van der Waals surface area contributed by atoms with Crippen LogP contribution < -0.4 is 0 Å². The number of benzene rings is 6. The molecule has 0 saturated heterocycles. The van der Waals surface area contributed by atoms with Crippen molar-refractivity contribution in [1.29, 1.82) is 0 Å². The van der Waals surface area contributed by atoms with Gasteiger partial charge < -0.3 is 9.13 Å². The maximum Gasteiger partial charge on any atom is 0.0541 e. The van der Waals surface area contributed by atoms with Crippen LogP contribution in [0.1, 0.15) is 17.7 Å². The van der Waals surface area contributed by atoms with E-state index in [0.29, 0.717) is 0 Å². The molecule has 2 heterocycles. The van der Waals surface area contributed by atoms with Gasteiger partial charge in [0, 0.05) is 33.1 Å². The molecule has 2 nitrogen and oxygen atoms in total. The number of nitrogens with zero attached hydrogens (tertiary/aromatic N) is 2. The molecule has 0 spiro atoms. The van der Waals surface area contributed by atoms with Gasteiger partial charge in [0.25, 0.3) is 0 Å². The normalized spacial score (nSPS) is 12.6. The molecule has 8 aromatic rings. The zero-order chi connectivity index (χ0) is 29.7. The van der Waals surface area contributed by atoms with Crippen molar-refractivity contribution in [3.8, 4) is 33.6 Å². The molecule has 0 amide bonds. The molecule has 0 fully saturated rings. The van der Waals surface area contributed by atoms with Gasteiger partial charge >= 0.3 is 0 Å². The van der Waals surface area contributed by atoms with Gasteiger partial charge in [-0.05, 0) is 83.3 Å². The number of hydrogen-bond acceptors (Lipinski definition) is 0. The Balaban J connectivity index is 1.09. The van der Waals surface area contributed by atoms with Crippen LogP contribution in [-0.2, 0) is 0 Å². The van der Waals surface area contributed by atoms with Crippen LogP contribution in [0.25, 0.3) is 78.5 Å². The fourth-order valence-electron chi connectivity index (χ4n) is 7.01. The SMILES string of the molecule is C1=Cc2c(n(-c3ccc(-c4ccc(-n5c6ccccc6c6cc(-c7ccccc7)ccc65)cc4)cc3)c3ccccc23)C=CC1. The predicted octanol–water partition coefficient (Wildman–Crippen LogP) is 11.5. The van der Waals surface area contributed by atoms with Crippen LogP contribution in [0.5, 0.6) is 0 Å². The van der Waals surface area contributed by atoms with Crippen LogP contribution >= 0.6 is 0 Å². The summed E-state index contributed by atoms with van der Waals surface area (Å²) in [7, 11) is 0. The maximum absolute atomic E-state index is 2.39. The molecule has 2 aromatic heterocycles. The number of fused-ring (bicyclic) bond motifs is 6. The van der Waals surface area contributed by atoms with Crippen LogP contribution in [0, 0.1) is 0 Å². The van der Waals surface area contributed by atoms with E-state index >= 15 is 0 Å². The van der Waals surface area contributed by atoms with Crippen LogP contribution in [0.4, 0.5) is 0 Å². The minimum Gasteiger partial charge on any atom is -0.309 e. The molecular formula is C43H30N2. The lowest BCUT2D eigenvalue weighted by Crippen LogP contribution is -1.97. The zero-order valence-corrected chi connectivity index (χ0v) is 24.8. The highest BCUT2D eigenvalue weighted by Crippen LogP contribution is 2.36. The van der Waals surface area contributed by atoms with Gasteiger partial charge in [-0.15, -0.1) is 0 Å². The van der Waals surface area contributed by atoms with Crippen molar-refractivity contribution in [2.75, 3.05) is 0 Å². The Kier molecular flexibility index (Phi) is 5.92. The number of hydrogen-bond donors (Lipinski definition) is 0. The Morgan fingerprint density at radius 1 is 0.378 bits per heavy atom. The molecule has 0 atom stereocenters.